The maximum Gasteiger partial charge on any atom is 0.0919 e. The van der Waals surface area contributed by atoms with Gasteiger partial charge in [-0.25, -0.2) is 0 Å². The van der Waals surface area contributed by atoms with Gasteiger partial charge in [0.25, 0.3) is 0 Å². The quantitative estimate of drug-likeness (QED) is 0.886. The van der Waals surface area contributed by atoms with E-state index in [1.807, 2.05) is 0 Å². The average molecular weight is 247 g/mol. The molecule has 1 N–H and O–H groups in total. The largest absolute Gasteiger partial charge is 0.387 e. The Morgan fingerprint density at radius 3 is 2.61 bits per heavy atom. The molecule has 2 nitrogen and oxygen atoms in total. The van der Waals surface area contributed by atoms with Crippen molar-refractivity contribution < 1.29 is 5.11 Å². The SMILES string of the molecule is Cc1ccc(C(O)CN2CCCC2(C)C)c(C)c1. The van der Waals surface area contributed by atoms with Gasteiger partial charge in [0.15, 0.2) is 0 Å². The Hall–Kier alpha value is -0.860. The summed E-state index contributed by atoms with van der Waals surface area (Å²) >= 11 is 0. The highest BCUT2D eigenvalue weighted by molar-refractivity contribution is 5.32. The van der Waals surface area contributed by atoms with Crippen molar-refractivity contribution in [2.45, 2.75) is 52.2 Å². The smallest absolute Gasteiger partial charge is 0.0919 e. The lowest BCUT2D eigenvalue weighted by molar-refractivity contribution is 0.0775. The molecule has 1 fully saturated rings. The molecule has 1 aliphatic rings. The molecule has 0 spiro atoms. The van der Waals surface area contributed by atoms with Crippen LogP contribution in [0.4, 0.5) is 0 Å². The van der Waals surface area contributed by atoms with Crippen molar-refractivity contribution in [3.63, 3.8) is 0 Å². The fraction of sp³-hybridized carbons (Fsp3) is 0.625. The lowest BCUT2D eigenvalue weighted by Crippen LogP contribution is -2.40. The van der Waals surface area contributed by atoms with E-state index in [9.17, 15) is 5.11 Å². The lowest BCUT2D eigenvalue weighted by atomic mass is 9.98. The summed E-state index contributed by atoms with van der Waals surface area (Å²) in [5.41, 5.74) is 3.76. The molecule has 1 aromatic rings. The second kappa shape index (κ2) is 5.02. The van der Waals surface area contributed by atoms with E-state index in [1.54, 1.807) is 0 Å². The molecule has 1 saturated heterocycles. The minimum Gasteiger partial charge on any atom is -0.387 e. The van der Waals surface area contributed by atoms with Gasteiger partial charge in [-0.15, -0.1) is 0 Å². The number of rotatable bonds is 3. The van der Waals surface area contributed by atoms with Crippen LogP contribution in [0, 0.1) is 13.8 Å². The molecule has 0 saturated carbocycles. The molecule has 1 unspecified atom stereocenters. The highest BCUT2D eigenvalue weighted by Crippen LogP contribution is 2.30. The zero-order chi connectivity index (χ0) is 13.3. The van der Waals surface area contributed by atoms with Gasteiger partial charge < -0.3 is 5.11 Å². The number of nitrogens with zero attached hydrogens (tertiary/aromatic N) is 1. The van der Waals surface area contributed by atoms with Gasteiger partial charge in [-0.3, -0.25) is 4.90 Å². The first-order chi connectivity index (χ1) is 8.40. The topological polar surface area (TPSA) is 23.5 Å². The van der Waals surface area contributed by atoms with E-state index in [-0.39, 0.29) is 11.6 Å². The van der Waals surface area contributed by atoms with Crippen LogP contribution in [-0.4, -0.2) is 28.6 Å². The summed E-state index contributed by atoms with van der Waals surface area (Å²) in [6.45, 7) is 10.6. The van der Waals surface area contributed by atoms with Gasteiger partial charge in [0, 0.05) is 12.1 Å². The van der Waals surface area contributed by atoms with Crippen LogP contribution < -0.4 is 0 Å². The molecular formula is C16H25NO. The highest BCUT2D eigenvalue weighted by Gasteiger charge is 2.33. The van der Waals surface area contributed by atoms with Crippen molar-refractivity contribution in [3.05, 3.63) is 34.9 Å². The van der Waals surface area contributed by atoms with Gasteiger partial charge in [-0.05, 0) is 58.2 Å². The monoisotopic (exact) mass is 247 g/mol. The summed E-state index contributed by atoms with van der Waals surface area (Å²) in [4.78, 5) is 2.41. The Balaban J connectivity index is 2.10. The van der Waals surface area contributed by atoms with Crippen molar-refractivity contribution in [1.29, 1.82) is 0 Å². The first-order valence-electron chi connectivity index (χ1n) is 6.90. The zero-order valence-electron chi connectivity index (χ0n) is 12.0. The van der Waals surface area contributed by atoms with E-state index in [1.165, 1.54) is 24.0 Å². The van der Waals surface area contributed by atoms with Crippen molar-refractivity contribution in [2.24, 2.45) is 0 Å². The normalized spacial score (nSPS) is 21.2. The Labute approximate surface area is 111 Å². The van der Waals surface area contributed by atoms with E-state index in [2.05, 4.69) is 50.8 Å². The molecule has 0 amide bonds. The van der Waals surface area contributed by atoms with E-state index < -0.39 is 0 Å². The molecule has 1 aliphatic heterocycles. The second-order valence-electron chi connectivity index (χ2n) is 6.24. The van der Waals surface area contributed by atoms with Crippen molar-refractivity contribution in [3.8, 4) is 0 Å². The minimum absolute atomic E-state index is 0.236. The summed E-state index contributed by atoms with van der Waals surface area (Å²) < 4.78 is 0. The number of β-amino-alcohol motifs (C(OH)–C–C–N with tert-alkyl or cyclic N) is 1. The summed E-state index contributed by atoms with van der Waals surface area (Å²) in [5, 5.41) is 10.4. The number of hydrogen-bond acceptors (Lipinski definition) is 2. The number of aliphatic hydroxyl groups is 1. The van der Waals surface area contributed by atoms with Crippen molar-refractivity contribution in [1.82, 2.24) is 4.90 Å². The van der Waals surface area contributed by atoms with Crippen LogP contribution >= 0.6 is 0 Å². The van der Waals surface area contributed by atoms with Gasteiger partial charge in [-0.2, -0.15) is 0 Å². The van der Waals surface area contributed by atoms with Gasteiger partial charge >= 0.3 is 0 Å². The molecule has 0 bridgehead atoms. The van der Waals surface area contributed by atoms with E-state index in [0.29, 0.717) is 0 Å². The molecule has 2 heteroatoms. The minimum atomic E-state index is -0.372. The predicted molar refractivity (Wildman–Crippen MR) is 75.8 cm³/mol. The second-order valence-corrected chi connectivity index (χ2v) is 6.24. The third-order valence-corrected chi connectivity index (χ3v) is 4.25. The van der Waals surface area contributed by atoms with Crippen LogP contribution in [0.3, 0.4) is 0 Å². The van der Waals surface area contributed by atoms with Gasteiger partial charge in [0.1, 0.15) is 0 Å². The Kier molecular flexibility index (Phi) is 3.79. The molecule has 0 aliphatic carbocycles. The van der Waals surface area contributed by atoms with Crippen LogP contribution in [0.2, 0.25) is 0 Å². The van der Waals surface area contributed by atoms with Gasteiger partial charge in [0.05, 0.1) is 6.10 Å². The maximum atomic E-state index is 10.4. The first-order valence-corrected chi connectivity index (χ1v) is 6.90. The molecule has 0 aromatic heterocycles. The van der Waals surface area contributed by atoms with Crippen LogP contribution in [0.5, 0.6) is 0 Å². The van der Waals surface area contributed by atoms with Crippen molar-refractivity contribution >= 4 is 0 Å². The predicted octanol–water partition coefficient (Wildman–Crippen LogP) is 3.21. The Bertz CT molecular complexity index is 425. The van der Waals surface area contributed by atoms with Crippen molar-refractivity contribution in [2.75, 3.05) is 13.1 Å². The third kappa shape index (κ3) is 2.76. The van der Waals surface area contributed by atoms with E-state index >= 15 is 0 Å². The number of aryl methyl sites for hydroxylation is 2. The number of benzene rings is 1. The van der Waals surface area contributed by atoms with Crippen LogP contribution in [0.1, 0.15) is 49.5 Å². The Morgan fingerprint density at radius 2 is 2.06 bits per heavy atom. The average Bonchev–Trinajstić information content (AvgIpc) is 2.58. The highest BCUT2D eigenvalue weighted by atomic mass is 16.3. The number of likely N-dealkylation sites (tertiary alicyclic amines) is 1. The standard InChI is InChI=1S/C16H25NO/c1-12-6-7-14(13(2)10-12)15(18)11-17-9-5-8-16(17,3)4/h6-7,10,15,18H,5,8-9,11H2,1-4H3. The molecule has 1 heterocycles. The summed E-state index contributed by atoms with van der Waals surface area (Å²) in [6.07, 6.45) is 2.10. The van der Waals surface area contributed by atoms with Gasteiger partial charge in [0.2, 0.25) is 0 Å². The fourth-order valence-corrected chi connectivity index (χ4v) is 3.01. The van der Waals surface area contributed by atoms with E-state index in [0.717, 1.165) is 18.7 Å². The summed E-state index contributed by atoms with van der Waals surface area (Å²) in [5.74, 6) is 0. The molecular weight excluding hydrogens is 222 g/mol. The van der Waals surface area contributed by atoms with Crippen LogP contribution in [-0.2, 0) is 0 Å². The molecule has 1 aromatic carbocycles. The molecule has 2 rings (SSSR count). The van der Waals surface area contributed by atoms with E-state index in [4.69, 9.17) is 0 Å². The van der Waals surface area contributed by atoms with Gasteiger partial charge in [-0.1, -0.05) is 23.8 Å². The Morgan fingerprint density at radius 1 is 1.33 bits per heavy atom. The van der Waals surface area contributed by atoms with Crippen LogP contribution in [0.25, 0.3) is 0 Å². The van der Waals surface area contributed by atoms with Crippen LogP contribution in [0.15, 0.2) is 18.2 Å². The maximum absolute atomic E-state index is 10.4. The fourth-order valence-electron chi connectivity index (χ4n) is 3.01. The molecule has 1 atom stereocenters. The summed E-state index contributed by atoms with van der Waals surface area (Å²) in [6, 6.07) is 6.30. The zero-order valence-corrected chi connectivity index (χ0v) is 12.0. The first kappa shape index (κ1) is 13.6. The molecule has 18 heavy (non-hydrogen) atoms. The molecule has 0 radical (unpaired) electrons. The lowest BCUT2D eigenvalue weighted by Gasteiger charge is -2.33. The molecule has 100 valence electrons. The number of hydrogen-bond donors (Lipinski definition) is 1. The summed E-state index contributed by atoms with van der Waals surface area (Å²) in [7, 11) is 0. The third-order valence-electron chi connectivity index (χ3n) is 4.25. The number of aliphatic hydroxyl groups excluding tert-OH is 1.